The van der Waals surface area contributed by atoms with E-state index in [9.17, 15) is 4.79 Å². The topological polar surface area (TPSA) is 42.9 Å². The van der Waals surface area contributed by atoms with Gasteiger partial charge in [-0.25, -0.2) is 0 Å². The molecule has 16 heavy (non-hydrogen) atoms. The van der Waals surface area contributed by atoms with Crippen molar-refractivity contribution in [1.82, 2.24) is 10.2 Å². The van der Waals surface area contributed by atoms with Crippen molar-refractivity contribution in [3.63, 3.8) is 0 Å². The summed E-state index contributed by atoms with van der Waals surface area (Å²) in [6.45, 7) is 0. The standard InChI is InChI=1S/C10H7ClN2OS2/c11-8-4-2-1-3-7(8)9(14)5-15-10-13-12-6-16-10/h1-4,6H,5H2. The van der Waals surface area contributed by atoms with Crippen LogP contribution < -0.4 is 0 Å². The molecule has 1 aromatic carbocycles. The van der Waals surface area contributed by atoms with Gasteiger partial charge in [-0.15, -0.1) is 10.2 Å². The van der Waals surface area contributed by atoms with Crippen molar-refractivity contribution < 1.29 is 4.79 Å². The highest BCUT2D eigenvalue weighted by Crippen LogP contribution is 2.22. The van der Waals surface area contributed by atoms with Gasteiger partial charge < -0.3 is 0 Å². The molecule has 6 heteroatoms. The van der Waals surface area contributed by atoms with Gasteiger partial charge in [-0.3, -0.25) is 4.79 Å². The summed E-state index contributed by atoms with van der Waals surface area (Å²) in [5.74, 6) is 0.338. The van der Waals surface area contributed by atoms with Crippen molar-refractivity contribution in [1.29, 1.82) is 0 Å². The van der Waals surface area contributed by atoms with Gasteiger partial charge in [0, 0.05) is 5.56 Å². The summed E-state index contributed by atoms with van der Waals surface area (Å²) in [5, 5.41) is 8.04. The fraction of sp³-hybridized carbons (Fsp3) is 0.100. The van der Waals surface area contributed by atoms with E-state index >= 15 is 0 Å². The van der Waals surface area contributed by atoms with Gasteiger partial charge in [-0.2, -0.15) is 0 Å². The zero-order valence-electron chi connectivity index (χ0n) is 8.09. The number of aromatic nitrogens is 2. The first-order valence-electron chi connectivity index (χ1n) is 4.44. The van der Waals surface area contributed by atoms with Crippen LogP contribution in [0.25, 0.3) is 0 Å². The molecule has 0 aliphatic heterocycles. The van der Waals surface area contributed by atoms with E-state index in [2.05, 4.69) is 10.2 Å². The third kappa shape index (κ3) is 2.81. The number of rotatable bonds is 4. The Morgan fingerprint density at radius 3 is 2.94 bits per heavy atom. The Balaban J connectivity index is 2.01. The van der Waals surface area contributed by atoms with Crippen molar-refractivity contribution in [3.8, 4) is 0 Å². The van der Waals surface area contributed by atoms with Crippen LogP contribution in [0.1, 0.15) is 10.4 Å². The van der Waals surface area contributed by atoms with Crippen LogP contribution in [0, 0.1) is 0 Å². The van der Waals surface area contributed by atoms with Gasteiger partial charge >= 0.3 is 0 Å². The molecule has 0 fully saturated rings. The van der Waals surface area contributed by atoms with E-state index in [0.29, 0.717) is 16.3 Å². The van der Waals surface area contributed by atoms with Crippen molar-refractivity contribution >= 4 is 40.5 Å². The molecule has 2 rings (SSSR count). The zero-order chi connectivity index (χ0) is 11.4. The summed E-state index contributed by atoms with van der Waals surface area (Å²) in [5.41, 5.74) is 2.20. The molecular weight excluding hydrogens is 264 g/mol. The van der Waals surface area contributed by atoms with Crippen LogP contribution in [0.15, 0.2) is 34.1 Å². The van der Waals surface area contributed by atoms with Gasteiger partial charge in [0.1, 0.15) is 5.51 Å². The lowest BCUT2D eigenvalue weighted by molar-refractivity contribution is 0.102. The lowest BCUT2D eigenvalue weighted by atomic mass is 10.1. The molecule has 0 bridgehead atoms. The Hall–Kier alpha value is -0.910. The molecule has 0 radical (unpaired) electrons. The van der Waals surface area contributed by atoms with Crippen LogP contribution in [0.2, 0.25) is 5.02 Å². The average Bonchev–Trinajstić information content (AvgIpc) is 2.79. The summed E-state index contributed by atoms with van der Waals surface area (Å²) in [6.07, 6.45) is 0. The highest BCUT2D eigenvalue weighted by atomic mass is 35.5. The molecule has 0 saturated carbocycles. The van der Waals surface area contributed by atoms with Gasteiger partial charge in [0.25, 0.3) is 0 Å². The smallest absolute Gasteiger partial charge is 0.174 e. The lowest BCUT2D eigenvalue weighted by Gasteiger charge is -2.01. The van der Waals surface area contributed by atoms with E-state index in [4.69, 9.17) is 11.6 Å². The minimum Gasteiger partial charge on any atom is -0.293 e. The fourth-order valence-corrected chi connectivity index (χ4v) is 2.73. The van der Waals surface area contributed by atoms with E-state index in [1.165, 1.54) is 23.1 Å². The van der Waals surface area contributed by atoms with Crippen LogP contribution in [-0.2, 0) is 0 Å². The third-order valence-electron chi connectivity index (χ3n) is 1.84. The Morgan fingerprint density at radius 1 is 1.44 bits per heavy atom. The molecule has 82 valence electrons. The van der Waals surface area contributed by atoms with E-state index < -0.39 is 0 Å². The highest BCUT2D eigenvalue weighted by Gasteiger charge is 2.10. The summed E-state index contributed by atoms with van der Waals surface area (Å²) >= 11 is 8.72. The maximum Gasteiger partial charge on any atom is 0.174 e. The van der Waals surface area contributed by atoms with Crippen LogP contribution >= 0.6 is 34.7 Å². The van der Waals surface area contributed by atoms with Gasteiger partial charge in [-0.1, -0.05) is 46.8 Å². The van der Waals surface area contributed by atoms with Gasteiger partial charge in [0.05, 0.1) is 10.8 Å². The molecule has 1 heterocycles. The number of hydrogen-bond acceptors (Lipinski definition) is 5. The average molecular weight is 271 g/mol. The maximum absolute atomic E-state index is 11.8. The molecule has 0 spiro atoms. The summed E-state index contributed by atoms with van der Waals surface area (Å²) in [7, 11) is 0. The van der Waals surface area contributed by atoms with Gasteiger partial charge in [0.2, 0.25) is 0 Å². The SMILES string of the molecule is O=C(CSc1nncs1)c1ccccc1Cl. The highest BCUT2D eigenvalue weighted by molar-refractivity contribution is 8.01. The number of nitrogens with zero attached hydrogens (tertiary/aromatic N) is 2. The monoisotopic (exact) mass is 270 g/mol. The molecule has 0 amide bonds. The quantitative estimate of drug-likeness (QED) is 0.632. The first-order valence-corrected chi connectivity index (χ1v) is 6.68. The number of ketones is 1. The Kier molecular flexibility index (Phi) is 3.93. The molecule has 0 unspecified atom stereocenters. The van der Waals surface area contributed by atoms with Crippen LogP contribution in [-0.4, -0.2) is 21.7 Å². The number of hydrogen-bond donors (Lipinski definition) is 0. The largest absolute Gasteiger partial charge is 0.293 e. The molecule has 3 nitrogen and oxygen atoms in total. The van der Waals surface area contributed by atoms with E-state index in [-0.39, 0.29) is 5.78 Å². The van der Waals surface area contributed by atoms with E-state index in [1.807, 2.05) is 0 Å². The number of thioether (sulfide) groups is 1. The second-order valence-electron chi connectivity index (χ2n) is 2.90. The normalized spacial score (nSPS) is 10.3. The number of carbonyl (C=O) groups excluding carboxylic acids is 1. The third-order valence-corrected chi connectivity index (χ3v) is 4.03. The minimum absolute atomic E-state index is 0.00537. The Morgan fingerprint density at radius 2 is 2.25 bits per heavy atom. The molecule has 0 atom stereocenters. The molecular formula is C10H7ClN2OS2. The molecule has 0 aliphatic carbocycles. The van der Waals surface area contributed by atoms with Crippen molar-refractivity contribution in [2.75, 3.05) is 5.75 Å². The number of carbonyl (C=O) groups is 1. The zero-order valence-corrected chi connectivity index (χ0v) is 10.5. The molecule has 0 saturated heterocycles. The molecule has 0 aliphatic rings. The summed E-state index contributed by atoms with van der Waals surface area (Å²) < 4.78 is 0.792. The van der Waals surface area contributed by atoms with Crippen molar-refractivity contribution in [3.05, 3.63) is 40.4 Å². The first kappa shape index (κ1) is 11.6. The number of Topliss-reactive ketones (excluding diaryl/α,β-unsaturated/α-hetero) is 1. The number of halogens is 1. The Bertz CT molecular complexity index is 487. The fourth-order valence-electron chi connectivity index (χ4n) is 1.12. The summed E-state index contributed by atoms with van der Waals surface area (Å²) in [4.78, 5) is 11.8. The van der Waals surface area contributed by atoms with Gasteiger partial charge in [0.15, 0.2) is 10.1 Å². The molecule has 2 aromatic rings. The Labute approximate surface area is 106 Å². The molecule has 0 N–H and O–H groups in total. The summed E-state index contributed by atoms with van der Waals surface area (Å²) in [6, 6.07) is 7.04. The minimum atomic E-state index is 0.00537. The lowest BCUT2D eigenvalue weighted by Crippen LogP contribution is -2.02. The van der Waals surface area contributed by atoms with Crippen LogP contribution in [0.5, 0.6) is 0 Å². The predicted molar refractivity (Wildman–Crippen MR) is 66.4 cm³/mol. The second-order valence-corrected chi connectivity index (χ2v) is 5.36. The second kappa shape index (κ2) is 5.43. The predicted octanol–water partition coefficient (Wildman–Crippen LogP) is 3.17. The molecule has 1 aromatic heterocycles. The van der Waals surface area contributed by atoms with Crippen molar-refractivity contribution in [2.45, 2.75) is 4.34 Å². The van der Waals surface area contributed by atoms with E-state index in [1.54, 1.807) is 29.8 Å². The maximum atomic E-state index is 11.8. The van der Waals surface area contributed by atoms with Crippen molar-refractivity contribution in [2.24, 2.45) is 0 Å². The van der Waals surface area contributed by atoms with Crippen LogP contribution in [0.4, 0.5) is 0 Å². The van der Waals surface area contributed by atoms with E-state index in [0.717, 1.165) is 4.34 Å². The van der Waals surface area contributed by atoms with Gasteiger partial charge in [-0.05, 0) is 12.1 Å². The van der Waals surface area contributed by atoms with Crippen LogP contribution in [0.3, 0.4) is 0 Å². The first-order chi connectivity index (χ1) is 7.77. The number of benzene rings is 1.